The Morgan fingerprint density at radius 2 is 1.76 bits per heavy atom. The fourth-order valence-corrected chi connectivity index (χ4v) is 2.18. The molecule has 0 aliphatic heterocycles. The SMILES string of the molecule is CCCN(CCC)c1cnnc(NCc2ccccc2)n1. The number of rotatable bonds is 8. The summed E-state index contributed by atoms with van der Waals surface area (Å²) in [4.78, 5) is 6.82. The lowest BCUT2D eigenvalue weighted by molar-refractivity contribution is 0.727. The van der Waals surface area contributed by atoms with Crippen LogP contribution in [0.4, 0.5) is 11.8 Å². The molecule has 0 atom stereocenters. The van der Waals surface area contributed by atoms with Gasteiger partial charge in [0.1, 0.15) is 0 Å². The minimum absolute atomic E-state index is 0.577. The molecule has 0 saturated carbocycles. The number of anilines is 2. The second-order valence-corrected chi connectivity index (χ2v) is 4.96. The van der Waals surface area contributed by atoms with Crippen LogP contribution in [0.5, 0.6) is 0 Å². The summed E-state index contributed by atoms with van der Waals surface area (Å²) in [5.74, 6) is 1.47. The lowest BCUT2D eigenvalue weighted by Crippen LogP contribution is -2.26. The molecule has 0 unspecified atom stereocenters. The van der Waals surface area contributed by atoms with E-state index < -0.39 is 0 Å². The molecule has 112 valence electrons. The zero-order valence-corrected chi connectivity index (χ0v) is 12.8. The van der Waals surface area contributed by atoms with E-state index in [1.54, 1.807) is 6.20 Å². The van der Waals surface area contributed by atoms with Crippen LogP contribution in [0, 0.1) is 0 Å². The molecule has 0 radical (unpaired) electrons. The summed E-state index contributed by atoms with van der Waals surface area (Å²) in [5.41, 5.74) is 1.20. The summed E-state index contributed by atoms with van der Waals surface area (Å²) in [6, 6.07) is 10.2. The predicted molar refractivity (Wildman–Crippen MR) is 86.4 cm³/mol. The maximum atomic E-state index is 4.57. The summed E-state index contributed by atoms with van der Waals surface area (Å²) < 4.78 is 0. The van der Waals surface area contributed by atoms with Gasteiger partial charge in [0.15, 0.2) is 5.82 Å². The molecule has 2 aromatic rings. The molecule has 2 rings (SSSR count). The molecule has 21 heavy (non-hydrogen) atoms. The second kappa shape index (κ2) is 8.19. The monoisotopic (exact) mass is 285 g/mol. The molecular weight excluding hydrogens is 262 g/mol. The van der Waals surface area contributed by atoms with E-state index in [1.165, 1.54) is 5.56 Å². The highest BCUT2D eigenvalue weighted by Gasteiger charge is 2.08. The van der Waals surface area contributed by atoms with E-state index in [1.807, 2.05) is 18.2 Å². The second-order valence-electron chi connectivity index (χ2n) is 4.96. The van der Waals surface area contributed by atoms with E-state index >= 15 is 0 Å². The van der Waals surface area contributed by atoms with E-state index in [9.17, 15) is 0 Å². The predicted octanol–water partition coefficient (Wildman–Crippen LogP) is 3.11. The van der Waals surface area contributed by atoms with Crippen molar-refractivity contribution in [2.75, 3.05) is 23.3 Å². The van der Waals surface area contributed by atoms with Gasteiger partial charge in [-0.05, 0) is 18.4 Å². The smallest absolute Gasteiger partial charge is 0.244 e. The van der Waals surface area contributed by atoms with Gasteiger partial charge in [0.25, 0.3) is 0 Å². The van der Waals surface area contributed by atoms with Crippen LogP contribution in [0.15, 0.2) is 36.5 Å². The maximum Gasteiger partial charge on any atom is 0.244 e. The van der Waals surface area contributed by atoms with Crippen molar-refractivity contribution in [3.05, 3.63) is 42.1 Å². The van der Waals surface area contributed by atoms with E-state index in [4.69, 9.17) is 0 Å². The Bertz CT molecular complexity index is 523. The van der Waals surface area contributed by atoms with Crippen LogP contribution in [0.3, 0.4) is 0 Å². The molecule has 0 saturated heterocycles. The quantitative estimate of drug-likeness (QED) is 0.807. The van der Waals surface area contributed by atoms with Crippen LogP contribution in [0.2, 0.25) is 0 Å². The number of aromatic nitrogens is 3. The van der Waals surface area contributed by atoms with Gasteiger partial charge in [0, 0.05) is 19.6 Å². The number of nitrogens with zero attached hydrogens (tertiary/aromatic N) is 4. The minimum atomic E-state index is 0.577. The van der Waals surface area contributed by atoms with Crippen molar-refractivity contribution in [1.82, 2.24) is 15.2 Å². The molecule has 1 aromatic heterocycles. The number of hydrogen-bond donors (Lipinski definition) is 1. The zero-order valence-electron chi connectivity index (χ0n) is 12.8. The Morgan fingerprint density at radius 1 is 1.05 bits per heavy atom. The van der Waals surface area contributed by atoms with Crippen molar-refractivity contribution in [2.45, 2.75) is 33.2 Å². The van der Waals surface area contributed by atoms with Gasteiger partial charge in [0.2, 0.25) is 5.95 Å². The molecule has 0 aliphatic carbocycles. The standard InChI is InChI=1S/C16H23N5/c1-3-10-21(11-4-2)15-13-18-20-16(19-15)17-12-14-8-6-5-7-9-14/h5-9,13H,3-4,10-12H2,1-2H3,(H,17,19,20). The molecule has 0 amide bonds. The van der Waals surface area contributed by atoms with Crippen LogP contribution >= 0.6 is 0 Å². The molecule has 5 nitrogen and oxygen atoms in total. The molecular formula is C16H23N5. The van der Waals surface area contributed by atoms with Gasteiger partial charge < -0.3 is 10.2 Å². The van der Waals surface area contributed by atoms with Gasteiger partial charge in [-0.3, -0.25) is 0 Å². The van der Waals surface area contributed by atoms with Crippen LogP contribution < -0.4 is 10.2 Å². The normalized spacial score (nSPS) is 10.4. The van der Waals surface area contributed by atoms with Gasteiger partial charge in [-0.1, -0.05) is 44.2 Å². The molecule has 0 aliphatic rings. The van der Waals surface area contributed by atoms with Crippen molar-refractivity contribution in [3.63, 3.8) is 0 Å². The summed E-state index contributed by atoms with van der Waals surface area (Å²) in [5, 5.41) is 11.4. The molecule has 1 N–H and O–H groups in total. The Hall–Kier alpha value is -2.17. The van der Waals surface area contributed by atoms with Crippen molar-refractivity contribution in [3.8, 4) is 0 Å². The molecule has 0 bridgehead atoms. The molecule has 5 heteroatoms. The largest absolute Gasteiger partial charge is 0.355 e. The fraction of sp³-hybridized carbons (Fsp3) is 0.438. The number of benzene rings is 1. The lowest BCUT2D eigenvalue weighted by atomic mass is 10.2. The highest BCUT2D eigenvalue weighted by atomic mass is 15.3. The van der Waals surface area contributed by atoms with E-state index in [0.717, 1.165) is 31.7 Å². The molecule has 0 fully saturated rings. The third-order valence-electron chi connectivity index (χ3n) is 3.15. The first-order chi connectivity index (χ1) is 10.3. The Labute approximate surface area is 126 Å². The van der Waals surface area contributed by atoms with Crippen LogP contribution in [-0.4, -0.2) is 28.3 Å². The first-order valence-corrected chi connectivity index (χ1v) is 7.56. The molecule has 0 spiro atoms. The summed E-state index contributed by atoms with van der Waals surface area (Å²) in [6.07, 6.45) is 3.92. The van der Waals surface area contributed by atoms with Crippen molar-refractivity contribution < 1.29 is 0 Å². The summed E-state index contributed by atoms with van der Waals surface area (Å²) >= 11 is 0. The number of hydrogen-bond acceptors (Lipinski definition) is 5. The van der Waals surface area contributed by atoms with Crippen molar-refractivity contribution >= 4 is 11.8 Å². The van der Waals surface area contributed by atoms with Crippen LogP contribution in [0.1, 0.15) is 32.3 Å². The minimum Gasteiger partial charge on any atom is -0.355 e. The average Bonchev–Trinajstić information content (AvgIpc) is 2.54. The third kappa shape index (κ3) is 4.70. The number of nitrogens with one attached hydrogen (secondary N) is 1. The summed E-state index contributed by atoms with van der Waals surface area (Å²) in [7, 11) is 0. The van der Waals surface area contributed by atoms with E-state index in [-0.39, 0.29) is 0 Å². The first-order valence-electron chi connectivity index (χ1n) is 7.56. The molecule has 1 aromatic carbocycles. The lowest BCUT2D eigenvalue weighted by Gasteiger charge is -2.22. The summed E-state index contributed by atoms with van der Waals surface area (Å²) in [6.45, 7) is 7.03. The van der Waals surface area contributed by atoms with Gasteiger partial charge in [-0.15, -0.1) is 5.10 Å². The third-order valence-corrected chi connectivity index (χ3v) is 3.15. The maximum absolute atomic E-state index is 4.57. The Kier molecular flexibility index (Phi) is 5.94. The molecule has 1 heterocycles. The first kappa shape index (κ1) is 15.2. The topological polar surface area (TPSA) is 53.9 Å². The fourth-order valence-electron chi connectivity index (χ4n) is 2.18. The van der Waals surface area contributed by atoms with Gasteiger partial charge in [-0.25, -0.2) is 0 Å². The average molecular weight is 285 g/mol. The van der Waals surface area contributed by atoms with Gasteiger partial charge in [-0.2, -0.15) is 10.1 Å². The highest BCUT2D eigenvalue weighted by molar-refractivity contribution is 5.40. The zero-order chi connectivity index (χ0) is 14.9. The van der Waals surface area contributed by atoms with Gasteiger partial charge >= 0.3 is 0 Å². The van der Waals surface area contributed by atoms with E-state index in [2.05, 4.69) is 51.4 Å². The van der Waals surface area contributed by atoms with Gasteiger partial charge in [0.05, 0.1) is 6.20 Å². The Balaban J connectivity index is 2.02. The van der Waals surface area contributed by atoms with E-state index in [0.29, 0.717) is 12.5 Å². The highest BCUT2D eigenvalue weighted by Crippen LogP contribution is 2.12. The Morgan fingerprint density at radius 3 is 2.43 bits per heavy atom. The van der Waals surface area contributed by atoms with Crippen LogP contribution in [0.25, 0.3) is 0 Å². The van der Waals surface area contributed by atoms with Crippen molar-refractivity contribution in [2.24, 2.45) is 0 Å². The van der Waals surface area contributed by atoms with Crippen LogP contribution in [-0.2, 0) is 6.54 Å². The van der Waals surface area contributed by atoms with Crippen molar-refractivity contribution in [1.29, 1.82) is 0 Å².